The average Bonchev–Trinajstić information content (AvgIpc) is 2.72. The van der Waals surface area contributed by atoms with Crippen LogP contribution in [0, 0.1) is 17.2 Å². The number of hydrogen-bond donors (Lipinski definition) is 0. The van der Waals surface area contributed by atoms with Crippen molar-refractivity contribution in [1.82, 2.24) is 4.90 Å². The molecule has 1 aliphatic rings. The van der Waals surface area contributed by atoms with Gasteiger partial charge in [-0.3, -0.25) is 4.79 Å². The van der Waals surface area contributed by atoms with Gasteiger partial charge in [0.25, 0.3) is 0 Å². The van der Waals surface area contributed by atoms with Crippen LogP contribution in [0.4, 0.5) is 0 Å². The monoisotopic (exact) mass is 208 g/mol. The number of nitriles is 1. The minimum atomic E-state index is -0.415. The predicted molar refractivity (Wildman–Crippen MR) is 59.0 cm³/mol. The van der Waals surface area contributed by atoms with Gasteiger partial charge in [0.05, 0.1) is 6.07 Å². The zero-order valence-corrected chi connectivity index (χ0v) is 9.70. The standard InChI is InChI=1S/C12H20N2O/c1-3-6-10(9-13)12(15)14-8-5-7-11(14)4-2/h10-11H,3-8H2,1-2H3. The molecule has 2 unspecified atom stereocenters. The maximum Gasteiger partial charge on any atom is 0.240 e. The van der Waals surface area contributed by atoms with Crippen LogP contribution in [0.25, 0.3) is 0 Å². The maximum absolute atomic E-state index is 12.0. The molecule has 0 aromatic rings. The van der Waals surface area contributed by atoms with Gasteiger partial charge in [-0.25, -0.2) is 0 Å². The highest BCUT2D eigenvalue weighted by molar-refractivity contribution is 5.81. The van der Waals surface area contributed by atoms with Crippen LogP contribution in [-0.4, -0.2) is 23.4 Å². The first-order valence-corrected chi connectivity index (χ1v) is 5.94. The Morgan fingerprint density at radius 1 is 1.60 bits per heavy atom. The molecule has 1 heterocycles. The third-order valence-corrected chi connectivity index (χ3v) is 3.16. The molecule has 3 nitrogen and oxygen atoms in total. The highest BCUT2D eigenvalue weighted by Crippen LogP contribution is 2.23. The van der Waals surface area contributed by atoms with Crippen molar-refractivity contribution in [3.63, 3.8) is 0 Å². The first-order chi connectivity index (χ1) is 7.24. The molecule has 0 radical (unpaired) electrons. The lowest BCUT2D eigenvalue weighted by Gasteiger charge is -2.25. The number of amides is 1. The minimum Gasteiger partial charge on any atom is -0.339 e. The second kappa shape index (κ2) is 5.75. The smallest absolute Gasteiger partial charge is 0.240 e. The van der Waals surface area contributed by atoms with E-state index in [1.165, 1.54) is 0 Å². The lowest BCUT2D eigenvalue weighted by Crippen LogP contribution is -2.39. The topological polar surface area (TPSA) is 44.1 Å². The Morgan fingerprint density at radius 3 is 2.87 bits per heavy atom. The van der Waals surface area contributed by atoms with E-state index >= 15 is 0 Å². The Balaban J connectivity index is 2.62. The number of hydrogen-bond acceptors (Lipinski definition) is 2. The van der Waals surface area contributed by atoms with Crippen molar-refractivity contribution in [2.24, 2.45) is 5.92 Å². The molecule has 2 atom stereocenters. The van der Waals surface area contributed by atoms with Crippen LogP contribution in [0.2, 0.25) is 0 Å². The number of carbonyl (C=O) groups is 1. The van der Waals surface area contributed by atoms with Crippen molar-refractivity contribution in [1.29, 1.82) is 5.26 Å². The molecular weight excluding hydrogens is 188 g/mol. The fraction of sp³-hybridized carbons (Fsp3) is 0.833. The fourth-order valence-corrected chi connectivity index (χ4v) is 2.28. The van der Waals surface area contributed by atoms with Gasteiger partial charge in [-0.05, 0) is 25.7 Å². The third kappa shape index (κ3) is 2.71. The van der Waals surface area contributed by atoms with Crippen molar-refractivity contribution in [2.75, 3.05) is 6.54 Å². The Bertz CT molecular complexity index is 257. The number of likely N-dealkylation sites (tertiary alicyclic amines) is 1. The SMILES string of the molecule is CCCC(C#N)C(=O)N1CCCC1CC. The molecule has 0 spiro atoms. The van der Waals surface area contributed by atoms with E-state index in [1.54, 1.807) is 0 Å². The van der Waals surface area contributed by atoms with Crippen molar-refractivity contribution in [2.45, 2.75) is 52.0 Å². The summed E-state index contributed by atoms with van der Waals surface area (Å²) in [5.74, 6) is -0.356. The van der Waals surface area contributed by atoms with Gasteiger partial charge >= 0.3 is 0 Å². The lowest BCUT2D eigenvalue weighted by atomic mass is 10.0. The van der Waals surface area contributed by atoms with Crippen molar-refractivity contribution < 1.29 is 4.79 Å². The third-order valence-electron chi connectivity index (χ3n) is 3.16. The Kier molecular flexibility index (Phi) is 4.61. The van der Waals surface area contributed by atoms with E-state index in [1.807, 2.05) is 11.8 Å². The lowest BCUT2D eigenvalue weighted by molar-refractivity contribution is -0.134. The molecule has 1 aliphatic heterocycles. The van der Waals surface area contributed by atoms with E-state index < -0.39 is 5.92 Å². The number of nitrogens with zero attached hydrogens (tertiary/aromatic N) is 2. The summed E-state index contributed by atoms with van der Waals surface area (Å²) < 4.78 is 0. The molecule has 1 amide bonds. The molecule has 0 aromatic heterocycles. The van der Waals surface area contributed by atoms with Gasteiger partial charge in [-0.2, -0.15) is 5.26 Å². The molecule has 1 saturated heterocycles. The summed E-state index contributed by atoms with van der Waals surface area (Å²) in [7, 11) is 0. The van der Waals surface area contributed by atoms with Gasteiger partial charge in [0.2, 0.25) is 5.91 Å². The van der Waals surface area contributed by atoms with Crippen molar-refractivity contribution in [3.05, 3.63) is 0 Å². The molecule has 0 aromatic carbocycles. The molecule has 3 heteroatoms. The number of rotatable bonds is 4. The average molecular weight is 208 g/mol. The van der Waals surface area contributed by atoms with Crippen molar-refractivity contribution >= 4 is 5.91 Å². The zero-order valence-electron chi connectivity index (χ0n) is 9.70. The fourth-order valence-electron chi connectivity index (χ4n) is 2.28. The van der Waals surface area contributed by atoms with Crippen LogP contribution in [0.1, 0.15) is 46.0 Å². The van der Waals surface area contributed by atoms with Gasteiger partial charge < -0.3 is 4.90 Å². The Labute approximate surface area is 92.1 Å². The van der Waals surface area contributed by atoms with Gasteiger partial charge in [0, 0.05) is 12.6 Å². The van der Waals surface area contributed by atoms with E-state index in [4.69, 9.17) is 5.26 Å². The quantitative estimate of drug-likeness (QED) is 0.711. The zero-order chi connectivity index (χ0) is 11.3. The molecular formula is C12H20N2O. The van der Waals surface area contributed by atoms with Crippen LogP contribution in [0.15, 0.2) is 0 Å². The highest BCUT2D eigenvalue weighted by atomic mass is 16.2. The summed E-state index contributed by atoms with van der Waals surface area (Å²) in [6.07, 6.45) is 4.80. The van der Waals surface area contributed by atoms with E-state index in [2.05, 4.69) is 13.0 Å². The first-order valence-electron chi connectivity index (χ1n) is 5.94. The molecule has 15 heavy (non-hydrogen) atoms. The van der Waals surface area contributed by atoms with Gasteiger partial charge in [-0.15, -0.1) is 0 Å². The molecule has 84 valence electrons. The van der Waals surface area contributed by atoms with E-state index in [9.17, 15) is 4.79 Å². The summed E-state index contributed by atoms with van der Waals surface area (Å²) in [6.45, 7) is 4.97. The summed E-state index contributed by atoms with van der Waals surface area (Å²) in [4.78, 5) is 14.0. The predicted octanol–water partition coefficient (Wildman–Crippen LogP) is 2.33. The van der Waals surface area contributed by atoms with Crippen LogP contribution in [-0.2, 0) is 4.79 Å². The van der Waals surface area contributed by atoms with E-state index in [0.29, 0.717) is 12.5 Å². The number of carbonyl (C=O) groups excluding carboxylic acids is 1. The second-order valence-corrected chi connectivity index (χ2v) is 4.21. The Hall–Kier alpha value is -1.04. The molecule has 0 aliphatic carbocycles. The summed E-state index contributed by atoms with van der Waals surface area (Å²) >= 11 is 0. The molecule has 1 fully saturated rings. The molecule has 1 rings (SSSR count). The second-order valence-electron chi connectivity index (χ2n) is 4.21. The molecule has 0 N–H and O–H groups in total. The van der Waals surface area contributed by atoms with Crippen molar-refractivity contribution in [3.8, 4) is 6.07 Å². The normalized spacial score (nSPS) is 22.5. The Morgan fingerprint density at radius 2 is 2.33 bits per heavy atom. The van der Waals surface area contributed by atoms with E-state index in [-0.39, 0.29) is 5.91 Å². The summed E-state index contributed by atoms with van der Waals surface area (Å²) in [6, 6.07) is 2.51. The maximum atomic E-state index is 12.0. The van der Waals surface area contributed by atoms with Crippen LogP contribution < -0.4 is 0 Å². The van der Waals surface area contributed by atoms with E-state index in [0.717, 1.165) is 32.2 Å². The van der Waals surface area contributed by atoms with Crippen LogP contribution >= 0.6 is 0 Å². The van der Waals surface area contributed by atoms with Crippen LogP contribution in [0.5, 0.6) is 0 Å². The summed E-state index contributed by atoms with van der Waals surface area (Å²) in [5.41, 5.74) is 0. The summed E-state index contributed by atoms with van der Waals surface area (Å²) in [5, 5.41) is 8.95. The largest absolute Gasteiger partial charge is 0.339 e. The first kappa shape index (κ1) is 12.0. The molecule has 0 bridgehead atoms. The molecule has 0 saturated carbocycles. The minimum absolute atomic E-state index is 0.0590. The van der Waals surface area contributed by atoms with Gasteiger partial charge in [0.15, 0.2) is 0 Å². The highest BCUT2D eigenvalue weighted by Gasteiger charge is 2.31. The van der Waals surface area contributed by atoms with Gasteiger partial charge in [0.1, 0.15) is 5.92 Å². The van der Waals surface area contributed by atoms with Crippen LogP contribution in [0.3, 0.4) is 0 Å². The van der Waals surface area contributed by atoms with Gasteiger partial charge in [-0.1, -0.05) is 20.3 Å².